The first-order valence-electron chi connectivity index (χ1n) is 9.81. The third kappa shape index (κ3) is 3.06. The van der Waals surface area contributed by atoms with Crippen LogP contribution in [0, 0.1) is 0 Å². The van der Waals surface area contributed by atoms with Crippen molar-refractivity contribution in [1.29, 1.82) is 0 Å². The molecule has 4 aromatic rings. The van der Waals surface area contributed by atoms with Crippen LogP contribution in [0.2, 0.25) is 0 Å². The van der Waals surface area contributed by atoms with E-state index in [-0.39, 0.29) is 11.0 Å². The van der Waals surface area contributed by atoms with E-state index < -0.39 is 0 Å². The summed E-state index contributed by atoms with van der Waals surface area (Å²) < 4.78 is 2.50. The summed E-state index contributed by atoms with van der Waals surface area (Å²) in [6, 6.07) is 24.6. The van der Waals surface area contributed by atoms with Gasteiger partial charge in [-0.25, -0.2) is 0 Å². The highest BCUT2D eigenvalue weighted by Gasteiger charge is 2.22. The summed E-state index contributed by atoms with van der Waals surface area (Å²) in [5.41, 5.74) is 6.70. The third-order valence-electron chi connectivity index (χ3n) is 5.41. The highest BCUT2D eigenvalue weighted by atomic mass is 15.0. The van der Waals surface area contributed by atoms with E-state index in [0.717, 1.165) is 0 Å². The molecule has 0 atom stereocenters. The van der Waals surface area contributed by atoms with Crippen LogP contribution in [0.15, 0.2) is 66.7 Å². The largest absolute Gasteiger partial charge is 0.335 e. The Morgan fingerprint density at radius 3 is 1.93 bits per heavy atom. The van der Waals surface area contributed by atoms with Gasteiger partial charge in [0.15, 0.2) is 0 Å². The third-order valence-corrected chi connectivity index (χ3v) is 5.41. The summed E-state index contributed by atoms with van der Waals surface area (Å²) in [5, 5.41) is 2.69. The molecule has 1 nitrogen and oxygen atoms in total. The van der Waals surface area contributed by atoms with Crippen molar-refractivity contribution in [2.24, 2.45) is 0 Å². The average Bonchev–Trinajstić information content (AvgIpc) is 2.94. The van der Waals surface area contributed by atoms with Gasteiger partial charge in [0.1, 0.15) is 0 Å². The Bertz CT molecular complexity index is 1120. The zero-order valence-electron chi connectivity index (χ0n) is 17.3. The lowest BCUT2D eigenvalue weighted by Gasteiger charge is -2.25. The predicted molar refractivity (Wildman–Crippen MR) is 119 cm³/mol. The van der Waals surface area contributed by atoms with Crippen molar-refractivity contribution in [3.05, 3.63) is 72.3 Å². The van der Waals surface area contributed by atoms with Gasteiger partial charge >= 0.3 is 0 Å². The van der Waals surface area contributed by atoms with Crippen molar-refractivity contribution in [3.8, 4) is 11.1 Å². The van der Waals surface area contributed by atoms with Crippen LogP contribution in [0.1, 0.15) is 47.1 Å². The zero-order valence-corrected chi connectivity index (χ0v) is 17.3. The molecule has 0 spiro atoms. The Labute approximate surface area is 162 Å². The summed E-state index contributed by atoms with van der Waals surface area (Å²) in [6.45, 7) is 13.7. The first kappa shape index (κ1) is 17.9. The van der Waals surface area contributed by atoms with Crippen molar-refractivity contribution in [2.45, 2.75) is 52.5 Å². The number of fused-ring (bicyclic) bond motifs is 3. The Morgan fingerprint density at radius 2 is 1.30 bits per heavy atom. The van der Waals surface area contributed by atoms with E-state index in [2.05, 4.69) is 113 Å². The molecule has 0 saturated heterocycles. The summed E-state index contributed by atoms with van der Waals surface area (Å²) >= 11 is 0. The summed E-state index contributed by atoms with van der Waals surface area (Å²) in [4.78, 5) is 0. The molecule has 0 aliphatic heterocycles. The van der Waals surface area contributed by atoms with Crippen LogP contribution in [0.25, 0.3) is 32.9 Å². The molecule has 0 bridgehead atoms. The second kappa shape index (κ2) is 5.99. The van der Waals surface area contributed by atoms with Gasteiger partial charge < -0.3 is 4.57 Å². The molecule has 0 fully saturated rings. The molecular weight excluding hydrogens is 326 g/mol. The molecule has 0 N–H and O–H groups in total. The smallest absolute Gasteiger partial charge is 0.0502 e. The Balaban J connectivity index is 2.07. The van der Waals surface area contributed by atoms with Gasteiger partial charge in [-0.2, -0.15) is 0 Å². The van der Waals surface area contributed by atoms with E-state index in [9.17, 15) is 0 Å². The van der Waals surface area contributed by atoms with Gasteiger partial charge in [0.05, 0.1) is 5.52 Å². The molecule has 0 amide bonds. The second-order valence-corrected chi connectivity index (χ2v) is 9.59. The van der Waals surface area contributed by atoms with Crippen LogP contribution in [-0.2, 0) is 11.0 Å². The van der Waals surface area contributed by atoms with Gasteiger partial charge in [-0.05, 0) is 61.1 Å². The minimum Gasteiger partial charge on any atom is -0.335 e. The van der Waals surface area contributed by atoms with E-state index in [1.54, 1.807) is 0 Å². The van der Waals surface area contributed by atoms with Gasteiger partial charge in [0, 0.05) is 21.8 Å². The number of aromatic nitrogens is 1. The molecule has 27 heavy (non-hydrogen) atoms. The predicted octanol–water partition coefficient (Wildman–Crippen LogP) is 7.51. The fraction of sp³-hybridized carbons (Fsp3) is 0.308. The molecule has 1 heteroatoms. The quantitative estimate of drug-likeness (QED) is 0.333. The standard InChI is InChI=1S/C26H29N/c1-25(2,3)20-13-15-23-22(17-20)21-14-12-19(18-10-8-7-9-11-18)16-24(21)27(23)26(4,5)6/h7-17H,1-6H3. The van der Waals surface area contributed by atoms with Crippen LogP contribution in [0.3, 0.4) is 0 Å². The summed E-state index contributed by atoms with van der Waals surface area (Å²) in [5.74, 6) is 0. The number of nitrogens with zero attached hydrogens (tertiary/aromatic N) is 1. The lowest BCUT2D eigenvalue weighted by molar-refractivity contribution is 0.423. The molecule has 4 rings (SSSR count). The molecule has 0 aliphatic rings. The first-order chi connectivity index (χ1) is 12.7. The Morgan fingerprint density at radius 1 is 0.593 bits per heavy atom. The molecule has 0 unspecified atom stereocenters. The molecular formula is C26H29N. The maximum absolute atomic E-state index is 2.50. The molecule has 1 aromatic heterocycles. The summed E-state index contributed by atoms with van der Waals surface area (Å²) in [6.07, 6.45) is 0. The molecule has 3 aromatic carbocycles. The number of benzene rings is 3. The molecule has 1 heterocycles. The minimum atomic E-state index is 0.0125. The van der Waals surface area contributed by atoms with Crippen LogP contribution < -0.4 is 0 Å². The van der Waals surface area contributed by atoms with Gasteiger partial charge in [0.25, 0.3) is 0 Å². The monoisotopic (exact) mass is 355 g/mol. The van der Waals surface area contributed by atoms with Crippen molar-refractivity contribution in [2.75, 3.05) is 0 Å². The number of hydrogen-bond donors (Lipinski definition) is 0. The first-order valence-corrected chi connectivity index (χ1v) is 9.81. The molecule has 138 valence electrons. The van der Waals surface area contributed by atoms with Crippen molar-refractivity contribution in [3.63, 3.8) is 0 Å². The SMILES string of the molecule is CC(C)(C)c1ccc2c(c1)c1ccc(-c3ccccc3)cc1n2C(C)(C)C. The van der Waals surface area contributed by atoms with Crippen LogP contribution in [0.4, 0.5) is 0 Å². The van der Waals surface area contributed by atoms with Crippen LogP contribution in [0.5, 0.6) is 0 Å². The maximum atomic E-state index is 2.50. The molecule has 0 saturated carbocycles. The molecule has 0 aliphatic carbocycles. The van der Waals surface area contributed by atoms with Gasteiger partial charge in [-0.3, -0.25) is 0 Å². The highest BCUT2D eigenvalue weighted by Crippen LogP contribution is 2.38. The van der Waals surface area contributed by atoms with Crippen LogP contribution in [-0.4, -0.2) is 4.57 Å². The van der Waals surface area contributed by atoms with E-state index in [0.29, 0.717) is 0 Å². The van der Waals surface area contributed by atoms with Crippen LogP contribution >= 0.6 is 0 Å². The zero-order chi connectivity index (χ0) is 19.4. The van der Waals surface area contributed by atoms with E-state index in [1.165, 1.54) is 38.5 Å². The fourth-order valence-corrected chi connectivity index (χ4v) is 4.02. The fourth-order valence-electron chi connectivity index (χ4n) is 4.02. The van der Waals surface area contributed by atoms with Crippen molar-refractivity contribution in [1.82, 2.24) is 4.57 Å². The number of hydrogen-bond acceptors (Lipinski definition) is 0. The van der Waals surface area contributed by atoms with Crippen molar-refractivity contribution < 1.29 is 0 Å². The van der Waals surface area contributed by atoms with Crippen molar-refractivity contribution >= 4 is 21.8 Å². The second-order valence-electron chi connectivity index (χ2n) is 9.59. The normalized spacial score (nSPS) is 12.8. The van der Waals surface area contributed by atoms with E-state index in [1.807, 2.05) is 0 Å². The number of rotatable bonds is 1. The van der Waals surface area contributed by atoms with Gasteiger partial charge in [-0.1, -0.05) is 69.3 Å². The lowest BCUT2D eigenvalue weighted by atomic mass is 9.86. The minimum absolute atomic E-state index is 0.0125. The van der Waals surface area contributed by atoms with Gasteiger partial charge in [-0.15, -0.1) is 0 Å². The summed E-state index contributed by atoms with van der Waals surface area (Å²) in [7, 11) is 0. The van der Waals surface area contributed by atoms with E-state index >= 15 is 0 Å². The topological polar surface area (TPSA) is 4.93 Å². The van der Waals surface area contributed by atoms with Gasteiger partial charge in [0.2, 0.25) is 0 Å². The van der Waals surface area contributed by atoms with E-state index in [4.69, 9.17) is 0 Å². The highest BCUT2D eigenvalue weighted by molar-refractivity contribution is 6.09. The molecule has 0 radical (unpaired) electrons. The Hall–Kier alpha value is -2.54. The lowest BCUT2D eigenvalue weighted by Crippen LogP contribution is -2.21. The Kier molecular flexibility index (Phi) is 3.96. The maximum Gasteiger partial charge on any atom is 0.0502 e. The average molecular weight is 356 g/mol.